The Labute approximate surface area is 138 Å². The number of carbonyl (C=O) groups is 1. The molecule has 1 heterocycles. The highest BCUT2D eigenvalue weighted by Crippen LogP contribution is 2.33. The molecule has 3 rings (SSSR count). The van der Waals surface area contributed by atoms with Crippen molar-refractivity contribution in [2.45, 2.75) is 49.3 Å². The maximum atomic E-state index is 12.7. The van der Waals surface area contributed by atoms with Crippen LogP contribution in [0.2, 0.25) is 0 Å². The topological polar surface area (TPSA) is 66.5 Å². The monoisotopic (exact) mass is 336 g/mol. The average molecular weight is 336 g/mol. The van der Waals surface area contributed by atoms with Gasteiger partial charge in [0.25, 0.3) is 0 Å². The summed E-state index contributed by atoms with van der Waals surface area (Å²) >= 11 is 0. The molecule has 2 fully saturated rings. The van der Waals surface area contributed by atoms with E-state index < -0.39 is 10.0 Å². The quantitative estimate of drug-likeness (QED) is 0.920. The number of amides is 1. The minimum atomic E-state index is -3.52. The molecular weight excluding hydrogens is 312 g/mol. The fourth-order valence-corrected chi connectivity index (χ4v) is 4.93. The summed E-state index contributed by atoms with van der Waals surface area (Å²) in [6, 6.07) is 7.37. The first-order chi connectivity index (χ1) is 11.1. The molecule has 1 amide bonds. The van der Waals surface area contributed by atoms with Gasteiger partial charge in [0.05, 0.1) is 4.90 Å². The Balaban J connectivity index is 1.75. The van der Waals surface area contributed by atoms with Gasteiger partial charge in [0, 0.05) is 26.1 Å². The van der Waals surface area contributed by atoms with Crippen molar-refractivity contribution in [3.63, 3.8) is 0 Å². The number of nitrogens with one attached hydrogen (secondary N) is 1. The van der Waals surface area contributed by atoms with Gasteiger partial charge in [-0.3, -0.25) is 4.79 Å². The highest BCUT2D eigenvalue weighted by Gasteiger charge is 2.27. The number of sulfonamides is 1. The molecule has 0 bridgehead atoms. The van der Waals surface area contributed by atoms with E-state index in [0.717, 1.165) is 0 Å². The molecule has 0 radical (unpaired) electrons. The van der Waals surface area contributed by atoms with Gasteiger partial charge in [-0.2, -0.15) is 4.31 Å². The van der Waals surface area contributed by atoms with E-state index in [-0.39, 0.29) is 18.9 Å². The zero-order valence-corrected chi connectivity index (χ0v) is 14.1. The van der Waals surface area contributed by atoms with Crippen LogP contribution in [0, 0.1) is 0 Å². The van der Waals surface area contributed by atoms with Crippen LogP contribution in [0.3, 0.4) is 0 Å². The summed E-state index contributed by atoms with van der Waals surface area (Å²) in [5.74, 6) is 0.482. The van der Waals surface area contributed by atoms with E-state index in [1.54, 1.807) is 12.1 Å². The standard InChI is InChI=1S/C17H24N2O3S/c20-17-10-12-19(13-11-18-17)23(21,22)16-8-6-15(7-9-16)14-4-2-1-3-5-14/h6-9,14H,1-5,10-13H2,(H,18,20). The molecule has 0 unspecified atom stereocenters. The second kappa shape index (κ2) is 7.01. The summed E-state index contributed by atoms with van der Waals surface area (Å²) in [5.41, 5.74) is 1.25. The number of hydrogen-bond donors (Lipinski definition) is 1. The van der Waals surface area contributed by atoms with Crippen LogP contribution < -0.4 is 5.32 Å². The highest BCUT2D eigenvalue weighted by molar-refractivity contribution is 7.89. The molecule has 1 aromatic rings. The minimum Gasteiger partial charge on any atom is -0.355 e. The molecule has 23 heavy (non-hydrogen) atoms. The summed E-state index contributed by atoms with van der Waals surface area (Å²) in [4.78, 5) is 11.7. The third-order valence-corrected chi connectivity index (χ3v) is 6.78. The van der Waals surface area contributed by atoms with E-state index in [2.05, 4.69) is 5.32 Å². The molecule has 1 aliphatic carbocycles. The van der Waals surface area contributed by atoms with Crippen LogP contribution in [0.5, 0.6) is 0 Å². The Bertz CT molecular complexity index is 649. The smallest absolute Gasteiger partial charge is 0.243 e. The largest absolute Gasteiger partial charge is 0.355 e. The highest BCUT2D eigenvalue weighted by atomic mass is 32.2. The zero-order chi connectivity index (χ0) is 16.3. The van der Waals surface area contributed by atoms with Gasteiger partial charge in [-0.25, -0.2) is 8.42 Å². The van der Waals surface area contributed by atoms with Crippen LogP contribution in [0.1, 0.15) is 50.0 Å². The number of rotatable bonds is 3. The number of carbonyl (C=O) groups excluding carboxylic acids is 1. The van der Waals surface area contributed by atoms with Crippen LogP contribution >= 0.6 is 0 Å². The Morgan fingerprint density at radius 1 is 1.00 bits per heavy atom. The lowest BCUT2D eigenvalue weighted by Gasteiger charge is -2.23. The van der Waals surface area contributed by atoms with E-state index in [9.17, 15) is 13.2 Å². The molecule has 1 aliphatic heterocycles. The van der Waals surface area contributed by atoms with Gasteiger partial charge in [0.15, 0.2) is 0 Å². The average Bonchev–Trinajstić information content (AvgIpc) is 2.81. The molecule has 1 saturated carbocycles. The first-order valence-electron chi connectivity index (χ1n) is 8.44. The van der Waals surface area contributed by atoms with Gasteiger partial charge < -0.3 is 5.32 Å². The van der Waals surface area contributed by atoms with E-state index >= 15 is 0 Å². The first kappa shape index (κ1) is 16.5. The fraction of sp³-hybridized carbons (Fsp3) is 0.588. The van der Waals surface area contributed by atoms with E-state index in [4.69, 9.17) is 0 Å². The van der Waals surface area contributed by atoms with E-state index in [1.165, 1.54) is 42.0 Å². The lowest BCUT2D eigenvalue weighted by molar-refractivity contribution is -0.120. The van der Waals surface area contributed by atoms with Crippen LogP contribution in [0.4, 0.5) is 0 Å². The molecule has 1 aromatic carbocycles. The van der Waals surface area contributed by atoms with Crippen molar-refractivity contribution in [2.75, 3.05) is 19.6 Å². The summed E-state index contributed by atoms with van der Waals surface area (Å²) in [7, 11) is -3.52. The van der Waals surface area contributed by atoms with Crippen molar-refractivity contribution < 1.29 is 13.2 Å². The lowest BCUT2D eigenvalue weighted by Crippen LogP contribution is -2.34. The Morgan fingerprint density at radius 2 is 1.70 bits per heavy atom. The molecule has 1 saturated heterocycles. The summed E-state index contributed by atoms with van der Waals surface area (Å²) < 4.78 is 26.8. The molecule has 126 valence electrons. The molecular formula is C17H24N2O3S. The second-order valence-corrected chi connectivity index (χ2v) is 8.35. The summed E-state index contributed by atoms with van der Waals surface area (Å²) in [6.07, 6.45) is 6.46. The van der Waals surface area contributed by atoms with Gasteiger partial charge in [-0.15, -0.1) is 0 Å². The third-order valence-electron chi connectivity index (χ3n) is 4.87. The van der Waals surface area contributed by atoms with Crippen molar-refractivity contribution in [1.82, 2.24) is 9.62 Å². The second-order valence-electron chi connectivity index (χ2n) is 6.41. The van der Waals surface area contributed by atoms with Gasteiger partial charge in [-0.05, 0) is 36.5 Å². The van der Waals surface area contributed by atoms with Crippen molar-refractivity contribution in [1.29, 1.82) is 0 Å². The maximum absolute atomic E-state index is 12.7. The van der Waals surface area contributed by atoms with Crippen molar-refractivity contribution in [3.05, 3.63) is 29.8 Å². The maximum Gasteiger partial charge on any atom is 0.243 e. The predicted octanol–water partition coefficient (Wildman–Crippen LogP) is 2.24. The van der Waals surface area contributed by atoms with E-state index in [0.29, 0.717) is 23.9 Å². The van der Waals surface area contributed by atoms with Crippen LogP contribution in [-0.2, 0) is 14.8 Å². The van der Waals surface area contributed by atoms with Crippen LogP contribution in [0.25, 0.3) is 0 Å². The molecule has 5 nitrogen and oxygen atoms in total. The molecule has 1 N–H and O–H groups in total. The normalized spacial score (nSPS) is 21.7. The molecule has 0 aromatic heterocycles. The predicted molar refractivity (Wildman–Crippen MR) is 88.7 cm³/mol. The third kappa shape index (κ3) is 3.75. The van der Waals surface area contributed by atoms with E-state index in [1.807, 2.05) is 12.1 Å². The molecule has 0 atom stereocenters. The minimum absolute atomic E-state index is 0.0876. The van der Waals surface area contributed by atoms with Crippen molar-refractivity contribution >= 4 is 15.9 Å². The van der Waals surface area contributed by atoms with Crippen molar-refractivity contribution in [3.8, 4) is 0 Å². The first-order valence-corrected chi connectivity index (χ1v) is 9.88. The summed E-state index contributed by atoms with van der Waals surface area (Å²) in [5, 5.41) is 2.71. The fourth-order valence-electron chi connectivity index (χ4n) is 3.48. The molecule has 2 aliphatic rings. The number of hydrogen-bond acceptors (Lipinski definition) is 3. The van der Waals surface area contributed by atoms with Crippen molar-refractivity contribution in [2.24, 2.45) is 0 Å². The van der Waals surface area contributed by atoms with Crippen LogP contribution in [-0.4, -0.2) is 38.3 Å². The Hall–Kier alpha value is -1.40. The Kier molecular flexibility index (Phi) is 5.02. The number of nitrogens with zero attached hydrogens (tertiary/aromatic N) is 1. The SMILES string of the molecule is O=C1CCN(S(=O)(=O)c2ccc(C3CCCCC3)cc2)CCN1. The zero-order valence-electron chi connectivity index (χ0n) is 13.3. The van der Waals surface area contributed by atoms with Gasteiger partial charge >= 0.3 is 0 Å². The van der Waals surface area contributed by atoms with Gasteiger partial charge in [-0.1, -0.05) is 31.4 Å². The van der Waals surface area contributed by atoms with Crippen LogP contribution in [0.15, 0.2) is 29.2 Å². The Morgan fingerprint density at radius 3 is 2.39 bits per heavy atom. The summed E-state index contributed by atoms with van der Waals surface area (Å²) in [6.45, 7) is 0.954. The number of benzene rings is 1. The molecule has 6 heteroatoms. The van der Waals surface area contributed by atoms with Gasteiger partial charge in [0.2, 0.25) is 15.9 Å². The van der Waals surface area contributed by atoms with Gasteiger partial charge in [0.1, 0.15) is 0 Å². The molecule has 0 spiro atoms. The lowest BCUT2D eigenvalue weighted by atomic mass is 9.84.